The van der Waals surface area contributed by atoms with Crippen LogP contribution in [0, 0.1) is 0 Å². The molecule has 0 aliphatic carbocycles. The van der Waals surface area contributed by atoms with Gasteiger partial charge in [0.1, 0.15) is 18.1 Å². The maximum atomic E-state index is 12.8. The minimum Gasteiger partial charge on any atom is -0.480 e. The average Bonchev–Trinajstić information content (AvgIpc) is 3.13. The topological polar surface area (TPSA) is 166 Å². The van der Waals surface area contributed by atoms with E-state index in [1.54, 1.807) is 6.20 Å². The Balaban J connectivity index is 2.24. The molecule has 0 bridgehead atoms. The third-order valence-corrected chi connectivity index (χ3v) is 5.06. The van der Waals surface area contributed by atoms with Gasteiger partial charge in [-0.2, -0.15) is 12.6 Å². The summed E-state index contributed by atoms with van der Waals surface area (Å²) in [7, 11) is 0. The highest BCUT2D eigenvalue weighted by Gasteiger charge is 2.29. The molecule has 2 aromatic rings. The normalized spacial score (nSPS) is 14.8. The maximum absolute atomic E-state index is 12.8. The molecule has 1 aromatic carbocycles. The van der Waals surface area contributed by atoms with E-state index in [0.29, 0.717) is 0 Å². The number of fused-ring (bicyclic) bond motifs is 1. The van der Waals surface area contributed by atoms with Gasteiger partial charge in [0.25, 0.3) is 0 Å². The molecule has 0 fully saturated rings. The number of nitrogens with two attached hydrogens (primary N) is 1. The first kappa shape index (κ1) is 24.2. The number of aromatic nitrogens is 1. The minimum atomic E-state index is -1.21. The molecule has 4 atom stereocenters. The quantitative estimate of drug-likeness (QED) is 0.243. The zero-order chi connectivity index (χ0) is 23.1. The van der Waals surface area contributed by atoms with Crippen molar-refractivity contribution in [1.82, 2.24) is 20.9 Å². The summed E-state index contributed by atoms with van der Waals surface area (Å²) < 4.78 is 0. The second-order valence-corrected chi connectivity index (χ2v) is 7.59. The van der Waals surface area contributed by atoms with E-state index in [2.05, 4.69) is 33.6 Å². The number of benzene rings is 1. The standard InChI is InChI=1S/C20H27N5O5S/c1-10(21)17(26)25-16(9-31)19(28)24-15(18(27)23-11(2)20(29)30)7-12-8-22-14-6-4-3-5-13(12)14/h3-6,8,10-11,15-16,22,31H,7,9,21H2,1-2H3,(H,23,27)(H,24,28)(H,25,26)(H,29,30). The number of aliphatic carboxylic acids is 1. The number of nitrogens with one attached hydrogen (secondary N) is 4. The van der Waals surface area contributed by atoms with Crippen molar-refractivity contribution in [1.29, 1.82) is 0 Å². The first-order chi connectivity index (χ1) is 14.6. The van der Waals surface area contributed by atoms with Crippen LogP contribution in [0.5, 0.6) is 0 Å². The van der Waals surface area contributed by atoms with E-state index in [9.17, 15) is 19.2 Å². The van der Waals surface area contributed by atoms with Crippen LogP contribution in [0.2, 0.25) is 0 Å². The summed E-state index contributed by atoms with van der Waals surface area (Å²) in [5, 5.41) is 17.4. The van der Waals surface area contributed by atoms with E-state index in [-0.39, 0.29) is 12.2 Å². The highest BCUT2D eigenvalue weighted by molar-refractivity contribution is 7.80. The molecule has 168 valence electrons. The van der Waals surface area contributed by atoms with Gasteiger partial charge in [-0.3, -0.25) is 19.2 Å². The Morgan fingerprint density at radius 1 is 1.03 bits per heavy atom. The SMILES string of the molecule is CC(N)C(=O)NC(CS)C(=O)NC(Cc1c[nH]c2ccccc12)C(=O)NC(C)C(=O)O. The monoisotopic (exact) mass is 449 g/mol. The molecule has 0 aliphatic rings. The van der Waals surface area contributed by atoms with Crippen LogP contribution in [0.15, 0.2) is 30.5 Å². The molecule has 1 heterocycles. The van der Waals surface area contributed by atoms with Gasteiger partial charge in [-0.15, -0.1) is 0 Å². The second kappa shape index (κ2) is 10.8. The molecule has 11 heteroatoms. The second-order valence-electron chi connectivity index (χ2n) is 7.23. The van der Waals surface area contributed by atoms with E-state index in [1.165, 1.54) is 13.8 Å². The molecule has 0 saturated heterocycles. The molecule has 4 unspecified atom stereocenters. The Labute approximate surface area is 184 Å². The zero-order valence-electron chi connectivity index (χ0n) is 17.2. The number of hydrogen-bond donors (Lipinski definition) is 7. The number of carbonyl (C=O) groups is 4. The Bertz CT molecular complexity index is 960. The van der Waals surface area contributed by atoms with E-state index < -0.39 is 47.9 Å². The number of aromatic amines is 1. The molecule has 3 amide bonds. The number of thiol groups is 1. The van der Waals surface area contributed by atoms with Gasteiger partial charge in [0.2, 0.25) is 17.7 Å². The number of hydrogen-bond acceptors (Lipinski definition) is 6. The Morgan fingerprint density at radius 2 is 1.65 bits per heavy atom. The lowest BCUT2D eigenvalue weighted by Crippen LogP contribution is -2.57. The third kappa shape index (κ3) is 6.46. The summed E-state index contributed by atoms with van der Waals surface area (Å²) in [5.41, 5.74) is 7.15. The first-order valence-corrected chi connectivity index (χ1v) is 10.3. The van der Waals surface area contributed by atoms with Gasteiger partial charge < -0.3 is 31.8 Å². The summed E-state index contributed by atoms with van der Waals surface area (Å²) in [4.78, 5) is 51.6. The van der Waals surface area contributed by atoms with Crippen LogP contribution in [0.25, 0.3) is 10.9 Å². The van der Waals surface area contributed by atoms with Crippen molar-refractivity contribution in [2.45, 2.75) is 44.4 Å². The van der Waals surface area contributed by atoms with Crippen LogP contribution < -0.4 is 21.7 Å². The van der Waals surface area contributed by atoms with Crippen LogP contribution in [0.3, 0.4) is 0 Å². The molecule has 1 aromatic heterocycles. The van der Waals surface area contributed by atoms with E-state index in [4.69, 9.17) is 10.8 Å². The predicted molar refractivity (Wildman–Crippen MR) is 119 cm³/mol. The summed E-state index contributed by atoms with van der Waals surface area (Å²) in [6.07, 6.45) is 1.83. The number of H-pyrrole nitrogens is 1. The Morgan fingerprint density at radius 3 is 2.26 bits per heavy atom. The fraction of sp³-hybridized carbons (Fsp3) is 0.400. The predicted octanol–water partition coefficient (Wildman–Crippen LogP) is -0.454. The minimum absolute atomic E-state index is 0.0166. The largest absolute Gasteiger partial charge is 0.480 e. The van der Waals surface area contributed by atoms with Crippen LogP contribution >= 0.6 is 12.6 Å². The Hall–Kier alpha value is -3.05. The van der Waals surface area contributed by atoms with Crippen LogP contribution in [-0.2, 0) is 25.6 Å². The van der Waals surface area contributed by atoms with Gasteiger partial charge in [-0.1, -0.05) is 18.2 Å². The number of para-hydroxylation sites is 1. The van der Waals surface area contributed by atoms with E-state index in [0.717, 1.165) is 16.5 Å². The lowest BCUT2D eigenvalue weighted by molar-refractivity contribution is -0.141. The molecule has 2 rings (SSSR count). The highest BCUT2D eigenvalue weighted by atomic mass is 32.1. The molecular formula is C20H27N5O5S. The highest BCUT2D eigenvalue weighted by Crippen LogP contribution is 2.19. The van der Waals surface area contributed by atoms with Crippen LogP contribution in [0.1, 0.15) is 19.4 Å². The van der Waals surface area contributed by atoms with Crippen molar-refractivity contribution in [3.05, 3.63) is 36.0 Å². The smallest absolute Gasteiger partial charge is 0.325 e. The van der Waals surface area contributed by atoms with Crippen molar-refractivity contribution in [3.63, 3.8) is 0 Å². The van der Waals surface area contributed by atoms with Gasteiger partial charge in [0.15, 0.2) is 0 Å². The van der Waals surface area contributed by atoms with Crippen LogP contribution in [0.4, 0.5) is 0 Å². The fourth-order valence-electron chi connectivity index (χ4n) is 2.87. The molecule has 0 saturated carbocycles. The third-order valence-electron chi connectivity index (χ3n) is 4.69. The van der Waals surface area contributed by atoms with Crippen molar-refractivity contribution in [2.24, 2.45) is 5.73 Å². The number of rotatable bonds is 10. The van der Waals surface area contributed by atoms with Crippen LogP contribution in [-0.4, -0.2) is 63.7 Å². The van der Waals surface area contributed by atoms with Gasteiger partial charge in [-0.05, 0) is 25.5 Å². The van der Waals surface area contributed by atoms with Crippen molar-refractivity contribution in [2.75, 3.05) is 5.75 Å². The number of amides is 3. The summed E-state index contributed by atoms with van der Waals surface area (Å²) in [6, 6.07) is 3.39. The van der Waals surface area contributed by atoms with Crippen molar-refractivity contribution in [3.8, 4) is 0 Å². The van der Waals surface area contributed by atoms with Gasteiger partial charge in [0.05, 0.1) is 6.04 Å². The van der Waals surface area contributed by atoms with Gasteiger partial charge in [0, 0.05) is 29.3 Å². The molecule has 0 spiro atoms. The molecular weight excluding hydrogens is 422 g/mol. The molecule has 7 N–H and O–H groups in total. The molecule has 0 aliphatic heterocycles. The van der Waals surface area contributed by atoms with Gasteiger partial charge >= 0.3 is 5.97 Å². The zero-order valence-corrected chi connectivity index (χ0v) is 18.1. The maximum Gasteiger partial charge on any atom is 0.325 e. The van der Waals surface area contributed by atoms with Crippen molar-refractivity contribution < 1.29 is 24.3 Å². The first-order valence-electron chi connectivity index (χ1n) is 9.69. The summed E-state index contributed by atoms with van der Waals surface area (Å²) >= 11 is 4.09. The number of carboxylic acids is 1. The van der Waals surface area contributed by atoms with Crippen molar-refractivity contribution >= 4 is 47.2 Å². The van der Waals surface area contributed by atoms with Gasteiger partial charge in [-0.25, -0.2) is 0 Å². The fourth-order valence-corrected chi connectivity index (χ4v) is 3.13. The van der Waals surface area contributed by atoms with E-state index in [1.807, 2.05) is 24.3 Å². The number of carbonyl (C=O) groups excluding carboxylic acids is 3. The summed E-state index contributed by atoms with van der Waals surface area (Å²) in [5.74, 6) is -3.05. The summed E-state index contributed by atoms with van der Waals surface area (Å²) in [6.45, 7) is 2.80. The molecule has 0 radical (unpaired) electrons. The number of carboxylic acid groups (broad SMARTS) is 1. The van der Waals surface area contributed by atoms with E-state index >= 15 is 0 Å². The molecule has 31 heavy (non-hydrogen) atoms. The Kier molecular flexibility index (Phi) is 8.46. The average molecular weight is 450 g/mol. The lowest BCUT2D eigenvalue weighted by Gasteiger charge is -2.23. The lowest BCUT2D eigenvalue weighted by atomic mass is 10.0. The molecule has 10 nitrogen and oxygen atoms in total.